The number of likely N-dealkylation sites (N-methyl/N-ethyl adjacent to an activating group) is 1. The van der Waals surface area contributed by atoms with Crippen LogP contribution in [0.5, 0.6) is 11.5 Å². The molecule has 6 rings (SSSR count). The Bertz CT molecular complexity index is 2220. The fourth-order valence-corrected chi connectivity index (χ4v) is 6.61. The lowest BCUT2D eigenvalue weighted by atomic mass is 9.94. The average molecular weight is 871 g/mol. The quantitative estimate of drug-likeness (QED) is 0.105. The maximum absolute atomic E-state index is 13.8. The molecule has 4 aromatic rings. The Hall–Kier alpha value is -6.29. The lowest BCUT2D eigenvalue weighted by Crippen LogP contribution is -2.52. The van der Waals surface area contributed by atoms with Gasteiger partial charge in [-0.3, -0.25) is 28.8 Å². The minimum atomic E-state index is -1.37. The highest BCUT2D eigenvalue weighted by molar-refractivity contribution is 6.30. The van der Waals surface area contributed by atoms with Crippen LogP contribution in [0.3, 0.4) is 0 Å². The number of aromatic hydroxyl groups is 2. The molecular weight excluding hydrogens is 816 g/mol. The van der Waals surface area contributed by atoms with E-state index in [1.807, 2.05) is 26.0 Å². The summed E-state index contributed by atoms with van der Waals surface area (Å²) in [7, 11) is 1.35. The molecule has 1 saturated heterocycles. The van der Waals surface area contributed by atoms with Crippen LogP contribution in [0.4, 0.5) is 0 Å². The first-order valence-electron chi connectivity index (χ1n) is 20.5. The molecular formula is C46H55ClN6O9. The van der Waals surface area contributed by atoms with Crippen LogP contribution in [-0.2, 0) is 35.1 Å². The Morgan fingerprint density at radius 3 is 2.05 bits per heavy atom. The van der Waals surface area contributed by atoms with Crippen LogP contribution in [0.1, 0.15) is 68.1 Å². The molecule has 4 bridgehead atoms. The van der Waals surface area contributed by atoms with Gasteiger partial charge in [0.15, 0.2) is 5.78 Å². The molecule has 2 aliphatic rings. The second-order valence-corrected chi connectivity index (χ2v) is 14.9. The number of amides is 5. The number of fused-ring (bicyclic) bond motifs is 5. The molecule has 8 N–H and O–H groups in total. The summed E-state index contributed by atoms with van der Waals surface area (Å²) in [6.45, 7) is 7.31. The minimum Gasteiger partial charge on any atom is -0.507 e. The van der Waals surface area contributed by atoms with Crippen molar-refractivity contribution in [3.8, 4) is 33.8 Å². The highest BCUT2D eigenvalue weighted by atomic mass is 35.5. The second-order valence-electron chi connectivity index (χ2n) is 14.4. The van der Waals surface area contributed by atoms with Crippen molar-refractivity contribution >= 4 is 46.9 Å². The maximum atomic E-state index is 13.8. The number of unbranched alkanes of at least 4 members (excludes halogenated alkanes) is 1. The Kier molecular flexibility index (Phi) is 18.0. The maximum Gasteiger partial charge on any atom is 0.251 e. The number of ketones is 1. The van der Waals surface area contributed by atoms with Crippen LogP contribution in [0.25, 0.3) is 22.3 Å². The monoisotopic (exact) mass is 870 g/mol. The Morgan fingerprint density at radius 2 is 1.47 bits per heavy atom. The molecule has 330 valence electrons. The summed E-state index contributed by atoms with van der Waals surface area (Å²) in [6.07, 6.45) is 1.47. The van der Waals surface area contributed by atoms with Gasteiger partial charge in [0, 0.05) is 35.2 Å². The number of halogens is 1. The van der Waals surface area contributed by atoms with Gasteiger partial charge in [0.1, 0.15) is 29.7 Å². The molecule has 4 aromatic carbocycles. The number of epoxide rings is 1. The zero-order valence-electron chi connectivity index (χ0n) is 35.5. The summed E-state index contributed by atoms with van der Waals surface area (Å²) >= 11 is 5.98. The van der Waals surface area contributed by atoms with E-state index in [-0.39, 0.29) is 53.0 Å². The van der Waals surface area contributed by atoms with Gasteiger partial charge in [0.2, 0.25) is 23.6 Å². The van der Waals surface area contributed by atoms with Crippen molar-refractivity contribution in [3.05, 3.63) is 107 Å². The Balaban J connectivity index is 0.00000113. The predicted octanol–water partition coefficient (Wildman–Crippen LogP) is 4.42. The zero-order chi connectivity index (χ0) is 45.5. The van der Waals surface area contributed by atoms with Crippen LogP contribution in [0.15, 0.2) is 84.9 Å². The molecule has 0 aromatic heterocycles. The number of nitrogens with zero attached hydrogens (tertiary/aromatic N) is 1. The highest BCUT2D eigenvalue weighted by Gasteiger charge is 2.41. The van der Waals surface area contributed by atoms with E-state index in [1.54, 1.807) is 49.4 Å². The summed E-state index contributed by atoms with van der Waals surface area (Å²) in [5, 5.41) is 32.6. The van der Waals surface area contributed by atoms with Crippen LogP contribution in [-0.4, -0.2) is 102 Å². The molecule has 0 spiro atoms. The average Bonchev–Trinajstić information content (AvgIpc) is 4.02. The third-order valence-corrected chi connectivity index (χ3v) is 10.2. The van der Waals surface area contributed by atoms with Gasteiger partial charge in [-0.2, -0.15) is 0 Å². The number of carbonyl (C=O) groups excluding carboxylic acids is 6. The molecule has 0 saturated carbocycles. The number of rotatable bonds is 11. The number of phenolic OH excluding ortho intramolecular Hbond substituents is 2. The summed E-state index contributed by atoms with van der Waals surface area (Å²) in [4.78, 5) is 80.2. The third-order valence-electron chi connectivity index (χ3n) is 9.98. The van der Waals surface area contributed by atoms with Gasteiger partial charge in [-0.1, -0.05) is 75.2 Å². The normalized spacial score (nSPS) is 17.8. The summed E-state index contributed by atoms with van der Waals surface area (Å²) in [5.41, 5.74) is 8.18. The summed E-state index contributed by atoms with van der Waals surface area (Å²) < 4.78 is 5.17. The van der Waals surface area contributed by atoms with E-state index in [4.69, 9.17) is 22.1 Å². The number of Topliss-reactive ketones (excluding diaryl/α,β-unsaturated/α-hetero) is 1. The van der Waals surface area contributed by atoms with Gasteiger partial charge < -0.3 is 46.9 Å². The van der Waals surface area contributed by atoms with Crippen LogP contribution < -0.4 is 27.0 Å². The fraction of sp³-hybridized carbons (Fsp3) is 0.348. The van der Waals surface area contributed by atoms with E-state index in [9.17, 15) is 39.0 Å². The van der Waals surface area contributed by atoms with Gasteiger partial charge >= 0.3 is 0 Å². The molecule has 4 atom stereocenters. The van der Waals surface area contributed by atoms with Crippen LogP contribution in [0, 0.1) is 0 Å². The number of hydrogen-bond acceptors (Lipinski definition) is 10. The zero-order valence-corrected chi connectivity index (χ0v) is 36.3. The molecule has 0 radical (unpaired) electrons. The van der Waals surface area contributed by atoms with Crippen molar-refractivity contribution in [3.63, 3.8) is 0 Å². The molecule has 15 nitrogen and oxygen atoms in total. The van der Waals surface area contributed by atoms with E-state index in [1.165, 1.54) is 50.2 Å². The molecule has 62 heavy (non-hydrogen) atoms. The van der Waals surface area contributed by atoms with Crippen LogP contribution >= 0.6 is 11.6 Å². The molecule has 1 fully saturated rings. The molecule has 2 heterocycles. The Labute approximate surface area is 366 Å². The second kappa shape index (κ2) is 23.1. The van der Waals surface area contributed by atoms with Crippen molar-refractivity contribution in [2.24, 2.45) is 5.73 Å². The topological polar surface area (TPSA) is 233 Å². The predicted molar refractivity (Wildman–Crippen MR) is 236 cm³/mol. The standard InChI is InChI=1S/C40H38ClN5O9.C4H11N.C2H6/c1-21-37(55-21)33(49)18-42-39(53)30-16-22-3-13-31(47)28(15-22)29-17-26(10-14-32(29)48)36(40(54)43-19-34(50)45-30)46(2)35(51)20-44-38(52)25-6-4-23(5-7-25)24-8-11-27(41)12-9-24;1-2-3-4-5;1-2/h3-15,17,21,30,36-37,47-48H,16,18-20H2,1-2H3,(H,42,53)(H,43,54)(H,44,52)(H,45,50);2-5H2,1H3;1-2H3. The number of hydrogen-bond donors (Lipinski definition) is 7. The number of ether oxygens (including phenoxy) is 1. The largest absolute Gasteiger partial charge is 0.507 e. The van der Waals surface area contributed by atoms with E-state index in [0.717, 1.165) is 22.6 Å². The molecule has 0 aliphatic carbocycles. The van der Waals surface area contributed by atoms with E-state index >= 15 is 0 Å². The molecule has 16 heteroatoms. The van der Waals surface area contributed by atoms with Crippen molar-refractivity contribution in [1.82, 2.24) is 26.2 Å². The van der Waals surface area contributed by atoms with E-state index < -0.39 is 60.8 Å². The van der Waals surface area contributed by atoms with Gasteiger partial charge in [-0.05, 0) is 90.7 Å². The number of nitrogens with one attached hydrogen (secondary N) is 4. The lowest BCUT2D eigenvalue weighted by molar-refractivity contribution is -0.139. The SMILES string of the molecule is CC.CC1OC1C(=O)CNC(=O)C1Cc2ccc(O)c(c2)-c2cc(ccc2O)C(N(C)C(=O)CNC(=O)c2ccc(-c3ccc(Cl)cc3)cc2)C(=O)NCC(=O)N1.CCCCN. The van der Waals surface area contributed by atoms with Crippen molar-refractivity contribution < 1.29 is 43.7 Å². The first-order chi connectivity index (χ1) is 29.7. The van der Waals surface area contributed by atoms with Gasteiger partial charge in [0.05, 0.1) is 25.7 Å². The minimum absolute atomic E-state index is 0.0676. The first kappa shape index (κ1) is 48.4. The number of benzene rings is 4. The van der Waals surface area contributed by atoms with E-state index in [2.05, 4.69) is 28.2 Å². The molecule has 5 amide bonds. The number of nitrogens with two attached hydrogens (primary N) is 1. The molecule has 2 aliphatic heterocycles. The fourth-order valence-electron chi connectivity index (χ4n) is 6.48. The molecule has 4 unspecified atom stereocenters. The Morgan fingerprint density at radius 1 is 0.871 bits per heavy atom. The lowest BCUT2D eigenvalue weighted by Gasteiger charge is -2.29. The third kappa shape index (κ3) is 13.1. The van der Waals surface area contributed by atoms with Crippen LogP contribution in [0.2, 0.25) is 5.02 Å². The summed E-state index contributed by atoms with van der Waals surface area (Å²) in [5.74, 6) is -4.18. The van der Waals surface area contributed by atoms with Gasteiger partial charge in [-0.15, -0.1) is 0 Å². The highest BCUT2D eigenvalue weighted by Crippen LogP contribution is 2.38. The number of phenols is 2. The summed E-state index contributed by atoms with van der Waals surface area (Å²) in [6, 6.07) is 20.0. The smallest absolute Gasteiger partial charge is 0.251 e. The van der Waals surface area contributed by atoms with Gasteiger partial charge in [0.25, 0.3) is 5.91 Å². The van der Waals surface area contributed by atoms with Crippen molar-refractivity contribution in [2.75, 3.05) is 33.2 Å². The number of carbonyl (C=O) groups is 6. The van der Waals surface area contributed by atoms with E-state index in [0.29, 0.717) is 16.1 Å². The van der Waals surface area contributed by atoms with Crippen molar-refractivity contribution in [1.29, 1.82) is 0 Å². The van der Waals surface area contributed by atoms with Crippen molar-refractivity contribution in [2.45, 2.75) is 71.2 Å². The van der Waals surface area contributed by atoms with Gasteiger partial charge in [-0.25, -0.2) is 0 Å². The first-order valence-corrected chi connectivity index (χ1v) is 20.9.